The molecule has 1 fully saturated rings. The van der Waals surface area contributed by atoms with Gasteiger partial charge in [-0.05, 0) is 24.8 Å². The van der Waals surface area contributed by atoms with Gasteiger partial charge in [-0.2, -0.15) is 0 Å². The third-order valence-electron chi connectivity index (χ3n) is 3.24. The lowest BCUT2D eigenvalue weighted by molar-refractivity contribution is -0.110. The Hall–Kier alpha value is -1.48. The van der Waals surface area contributed by atoms with Crippen molar-refractivity contribution in [2.75, 3.05) is 6.54 Å². The SMILES string of the molecule is CC(=O)/C=N/C1CCCCN1Cc1ccccc1. The first-order valence-electron chi connectivity index (χ1n) is 6.57. The molecule has 96 valence electrons. The maximum Gasteiger partial charge on any atom is 0.170 e. The van der Waals surface area contributed by atoms with Crippen LogP contribution in [0.1, 0.15) is 31.7 Å². The average molecular weight is 244 g/mol. The molecule has 1 aromatic carbocycles. The van der Waals surface area contributed by atoms with Gasteiger partial charge >= 0.3 is 0 Å². The van der Waals surface area contributed by atoms with Crippen LogP contribution >= 0.6 is 0 Å². The molecule has 1 aromatic rings. The van der Waals surface area contributed by atoms with Crippen LogP contribution in [0.3, 0.4) is 0 Å². The molecule has 0 radical (unpaired) electrons. The summed E-state index contributed by atoms with van der Waals surface area (Å²) in [6.45, 7) is 3.53. The summed E-state index contributed by atoms with van der Waals surface area (Å²) < 4.78 is 0. The standard InChI is InChI=1S/C15H20N2O/c1-13(18)11-16-15-9-5-6-10-17(15)12-14-7-3-2-4-8-14/h2-4,7-8,11,15H,5-6,9-10,12H2,1H3/b16-11+. The lowest BCUT2D eigenvalue weighted by Gasteiger charge is -2.33. The van der Waals surface area contributed by atoms with E-state index in [1.165, 1.54) is 24.6 Å². The first-order valence-corrected chi connectivity index (χ1v) is 6.57. The van der Waals surface area contributed by atoms with E-state index in [0.29, 0.717) is 0 Å². The van der Waals surface area contributed by atoms with Gasteiger partial charge in [0, 0.05) is 20.0 Å². The molecule has 1 saturated heterocycles. The summed E-state index contributed by atoms with van der Waals surface area (Å²) in [5.41, 5.74) is 1.31. The van der Waals surface area contributed by atoms with E-state index in [9.17, 15) is 4.79 Å². The number of carbonyl (C=O) groups is 1. The lowest BCUT2D eigenvalue weighted by atomic mass is 10.1. The lowest BCUT2D eigenvalue weighted by Crippen LogP contribution is -2.37. The van der Waals surface area contributed by atoms with E-state index in [2.05, 4.69) is 34.2 Å². The minimum atomic E-state index is 0.0280. The first kappa shape index (κ1) is 13.0. The summed E-state index contributed by atoms with van der Waals surface area (Å²) in [5.74, 6) is 0.0280. The minimum absolute atomic E-state index is 0.0280. The maximum atomic E-state index is 11.0. The first-order chi connectivity index (χ1) is 8.75. The van der Waals surface area contributed by atoms with Crippen LogP contribution in [0.4, 0.5) is 0 Å². The number of ketones is 1. The number of aliphatic imine (C=N–C) groups is 1. The number of piperidine rings is 1. The summed E-state index contributed by atoms with van der Waals surface area (Å²) in [4.78, 5) is 17.8. The van der Waals surface area contributed by atoms with Crippen LogP contribution in [0.5, 0.6) is 0 Å². The Morgan fingerprint density at radius 3 is 2.89 bits per heavy atom. The highest BCUT2D eigenvalue weighted by molar-refractivity contribution is 6.26. The zero-order valence-electron chi connectivity index (χ0n) is 10.9. The van der Waals surface area contributed by atoms with Crippen LogP contribution in [0.15, 0.2) is 35.3 Å². The van der Waals surface area contributed by atoms with Gasteiger partial charge in [0.2, 0.25) is 0 Å². The van der Waals surface area contributed by atoms with Crippen LogP contribution in [0.2, 0.25) is 0 Å². The van der Waals surface area contributed by atoms with Gasteiger partial charge in [-0.25, -0.2) is 0 Å². The summed E-state index contributed by atoms with van der Waals surface area (Å²) in [6, 6.07) is 10.4. The molecule has 3 nitrogen and oxygen atoms in total. The Bertz CT molecular complexity index is 414. The van der Waals surface area contributed by atoms with Gasteiger partial charge in [0.1, 0.15) is 6.17 Å². The van der Waals surface area contributed by atoms with E-state index < -0.39 is 0 Å². The zero-order chi connectivity index (χ0) is 12.8. The number of rotatable bonds is 4. The van der Waals surface area contributed by atoms with Crippen molar-refractivity contribution in [1.29, 1.82) is 0 Å². The molecular formula is C15H20N2O. The molecule has 1 aliphatic heterocycles. The Balaban J connectivity index is 2.01. The summed E-state index contributed by atoms with van der Waals surface area (Å²) in [7, 11) is 0. The van der Waals surface area contributed by atoms with Gasteiger partial charge in [0.15, 0.2) is 5.78 Å². The molecule has 1 unspecified atom stereocenters. The predicted molar refractivity (Wildman–Crippen MR) is 73.7 cm³/mol. The van der Waals surface area contributed by atoms with E-state index in [1.807, 2.05) is 6.07 Å². The highest BCUT2D eigenvalue weighted by Crippen LogP contribution is 2.20. The fourth-order valence-corrected chi connectivity index (χ4v) is 2.34. The fourth-order valence-electron chi connectivity index (χ4n) is 2.34. The Morgan fingerprint density at radius 1 is 1.39 bits per heavy atom. The van der Waals surface area contributed by atoms with Crippen LogP contribution < -0.4 is 0 Å². The number of nitrogens with zero attached hydrogens (tertiary/aromatic N) is 2. The van der Waals surface area contributed by atoms with Gasteiger partial charge in [-0.15, -0.1) is 0 Å². The molecular weight excluding hydrogens is 224 g/mol. The second kappa shape index (κ2) is 6.45. The molecule has 1 heterocycles. The smallest absolute Gasteiger partial charge is 0.170 e. The third kappa shape index (κ3) is 3.77. The van der Waals surface area contributed by atoms with Crippen molar-refractivity contribution in [1.82, 2.24) is 4.90 Å². The Kier molecular flexibility index (Phi) is 4.65. The minimum Gasteiger partial charge on any atom is -0.293 e. The van der Waals surface area contributed by atoms with Crippen molar-refractivity contribution in [2.45, 2.75) is 38.9 Å². The number of carbonyl (C=O) groups excluding carboxylic acids is 1. The molecule has 0 N–H and O–H groups in total. The average Bonchev–Trinajstić information content (AvgIpc) is 2.39. The number of likely N-dealkylation sites (tertiary alicyclic amines) is 1. The van der Waals surface area contributed by atoms with E-state index in [4.69, 9.17) is 0 Å². The molecule has 0 spiro atoms. The number of hydrogen-bond donors (Lipinski definition) is 0. The van der Waals surface area contributed by atoms with Crippen LogP contribution in [0, 0.1) is 0 Å². The van der Waals surface area contributed by atoms with Crippen LogP contribution in [-0.2, 0) is 11.3 Å². The van der Waals surface area contributed by atoms with Gasteiger partial charge in [0.25, 0.3) is 0 Å². The molecule has 1 atom stereocenters. The van der Waals surface area contributed by atoms with E-state index >= 15 is 0 Å². The molecule has 0 bridgehead atoms. The quantitative estimate of drug-likeness (QED) is 0.763. The third-order valence-corrected chi connectivity index (χ3v) is 3.24. The normalized spacial score (nSPS) is 21.3. The van der Waals surface area contributed by atoms with Crippen molar-refractivity contribution < 1.29 is 4.79 Å². The molecule has 18 heavy (non-hydrogen) atoms. The van der Waals surface area contributed by atoms with E-state index in [0.717, 1.165) is 19.5 Å². The van der Waals surface area contributed by atoms with E-state index in [-0.39, 0.29) is 11.9 Å². The number of hydrogen-bond acceptors (Lipinski definition) is 3. The monoisotopic (exact) mass is 244 g/mol. The number of benzene rings is 1. The van der Waals surface area contributed by atoms with Gasteiger partial charge < -0.3 is 0 Å². The predicted octanol–water partition coefficient (Wildman–Crippen LogP) is 2.66. The molecule has 0 aliphatic carbocycles. The van der Waals surface area contributed by atoms with Gasteiger partial charge in [-0.3, -0.25) is 14.7 Å². The highest BCUT2D eigenvalue weighted by Gasteiger charge is 2.21. The summed E-state index contributed by atoms with van der Waals surface area (Å²) in [5, 5.41) is 0. The second-order valence-corrected chi connectivity index (χ2v) is 4.82. The Labute approximate surface area is 109 Å². The summed E-state index contributed by atoms with van der Waals surface area (Å²) in [6.07, 6.45) is 5.11. The molecule has 0 saturated carbocycles. The largest absolute Gasteiger partial charge is 0.293 e. The van der Waals surface area contributed by atoms with Crippen molar-refractivity contribution in [2.24, 2.45) is 4.99 Å². The highest BCUT2D eigenvalue weighted by atomic mass is 16.1. The van der Waals surface area contributed by atoms with Crippen molar-refractivity contribution in [3.05, 3.63) is 35.9 Å². The molecule has 0 amide bonds. The van der Waals surface area contributed by atoms with Crippen molar-refractivity contribution in [3.8, 4) is 0 Å². The molecule has 2 rings (SSSR count). The molecule has 1 aliphatic rings. The van der Waals surface area contributed by atoms with Crippen molar-refractivity contribution in [3.63, 3.8) is 0 Å². The second-order valence-electron chi connectivity index (χ2n) is 4.82. The van der Waals surface area contributed by atoms with Gasteiger partial charge in [-0.1, -0.05) is 30.3 Å². The van der Waals surface area contributed by atoms with Crippen molar-refractivity contribution >= 4 is 12.0 Å². The molecule has 0 aromatic heterocycles. The van der Waals surface area contributed by atoms with Crippen LogP contribution in [0.25, 0.3) is 0 Å². The van der Waals surface area contributed by atoms with Crippen LogP contribution in [-0.4, -0.2) is 29.6 Å². The zero-order valence-corrected chi connectivity index (χ0v) is 10.9. The fraction of sp³-hybridized carbons (Fsp3) is 0.467. The summed E-state index contributed by atoms with van der Waals surface area (Å²) >= 11 is 0. The van der Waals surface area contributed by atoms with E-state index in [1.54, 1.807) is 6.92 Å². The van der Waals surface area contributed by atoms with Gasteiger partial charge in [0.05, 0.1) is 6.21 Å². The number of Topliss-reactive ketones (excluding diaryl/α,β-unsaturated/α-hetero) is 1. The molecule has 3 heteroatoms. The topological polar surface area (TPSA) is 32.7 Å². The Morgan fingerprint density at radius 2 is 2.17 bits per heavy atom. The maximum absolute atomic E-state index is 11.0.